The highest BCUT2D eigenvalue weighted by atomic mass is 16.6. The van der Waals surface area contributed by atoms with Crippen LogP contribution in [0.1, 0.15) is 60.7 Å². The van der Waals surface area contributed by atoms with Gasteiger partial charge >= 0.3 is 17.6 Å². The summed E-state index contributed by atoms with van der Waals surface area (Å²) in [6, 6.07) is 1.37. The van der Waals surface area contributed by atoms with Gasteiger partial charge in [-0.3, -0.25) is 4.79 Å². The minimum Gasteiger partial charge on any atom is -0.358 e. The molecular formula is C19H24N6O4. The van der Waals surface area contributed by atoms with Crippen LogP contribution < -0.4 is 5.32 Å². The van der Waals surface area contributed by atoms with Crippen LogP contribution in [0.25, 0.3) is 0 Å². The maximum Gasteiger partial charge on any atom is 0.390 e. The molecule has 0 unspecified atom stereocenters. The normalized spacial score (nSPS) is 29.9. The van der Waals surface area contributed by atoms with E-state index in [1.807, 2.05) is 0 Å². The van der Waals surface area contributed by atoms with Crippen molar-refractivity contribution in [3.05, 3.63) is 33.6 Å². The number of hydrogen-bond donors (Lipinski definition) is 1. The van der Waals surface area contributed by atoms with Gasteiger partial charge < -0.3 is 20.0 Å². The first-order valence-electron chi connectivity index (χ1n) is 10.2. The maximum absolute atomic E-state index is 12.5. The van der Waals surface area contributed by atoms with Crippen molar-refractivity contribution in [2.75, 3.05) is 6.54 Å². The third-order valence-corrected chi connectivity index (χ3v) is 6.90. The Morgan fingerprint density at radius 1 is 1.31 bits per heavy atom. The van der Waals surface area contributed by atoms with Crippen LogP contribution >= 0.6 is 0 Å². The van der Waals surface area contributed by atoms with Gasteiger partial charge in [0, 0.05) is 6.54 Å². The molecule has 4 fully saturated rings. The third kappa shape index (κ3) is 3.40. The second-order valence-corrected chi connectivity index (χ2v) is 9.17. The lowest BCUT2D eigenvalue weighted by Gasteiger charge is -2.56. The van der Waals surface area contributed by atoms with E-state index in [0.717, 1.165) is 17.8 Å². The van der Waals surface area contributed by atoms with Gasteiger partial charge in [0.25, 0.3) is 0 Å². The minimum absolute atomic E-state index is 0.0796. The largest absolute Gasteiger partial charge is 0.390 e. The highest BCUT2D eigenvalue weighted by molar-refractivity contribution is 5.89. The van der Waals surface area contributed by atoms with E-state index in [1.54, 1.807) is 6.92 Å². The summed E-state index contributed by atoms with van der Waals surface area (Å²) in [6.07, 6.45) is 7.74. The van der Waals surface area contributed by atoms with Crippen LogP contribution in [-0.2, 0) is 6.54 Å². The van der Waals surface area contributed by atoms with Gasteiger partial charge in [0.2, 0.25) is 0 Å². The van der Waals surface area contributed by atoms with Crippen molar-refractivity contribution in [2.45, 2.75) is 52.0 Å². The summed E-state index contributed by atoms with van der Waals surface area (Å²) >= 11 is 0. The van der Waals surface area contributed by atoms with E-state index in [1.165, 1.54) is 49.3 Å². The Bertz CT molecular complexity index is 929. The summed E-state index contributed by atoms with van der Waals surface area (Å²) in [5.74, 6) is 2.07. The number of carbonyl (C=O) groups is 1. The Kier molecular flexibility index (Phi) is 4.18. The molecule has 1 N–H and O–H groups in total. The van der Waals surface area contributed by atoms with E-state index < -0.39 is 4.92 Å². The fourth-order valence-electron chi connectivity index (χ4n) is 6.14. The number of nitrogens with one attached hydrogen (secondary N) is 1. The summed E-state index contributed by atoms with van der Waals surface area (Å²) in [4.78, 5) is 27.0. The minimum atomic E-state index is -0.553. The Morgan fingerprint density at radius 3 is 2.55 bits per heavy atom. The Labute approximate surface area is 167 Å². The zero-order valence-corrected chi connectivity index (χ0v) is 16.3. The van der Waals surface area contributed by atoms with Crippen molar-refractivity contribution in [1.29, 1.82) is 0 Å². The van der Waals surface area contributed by atoms with Gasteiger partial charge in [-0.2, -0.15) is 9.67 Å². The van der Waals surface area contributed by atoms with Crippen molar-refractivity contribution < 1.29 is 14.2 Å². The van der Waals surface area contributed by atoms with Crippen LogP contribution in [0, 0.1) is 40.2 Å². The molecule has 0 aliphatic heterocycles. The smallest absolute Gasteiger partial charge is 0.358 e. The SMILES string of the molecule is Cc1cc([N+](=O)[O-])nn1Cc1noc(C(=O)NCC23CC4CC(CC(C4)C2)C3)n1. The molecule has 4 aliphatic carbocycles. The Morgan fingerprint density at radius 2 is 1.97 bits per heavy atom. The van der Waals surface area contributed by atoms with Gasteiger partial charge in [-0.25, -0.2) is 0 Å². The second-order valence-electron chi connectivity index (χ2n) is 9.17. The van der Waals surface area contributed by atoms with Gasteiger partial charge in [0.15, 0.2) is 5.82 Å². The summed E-state index contributed by atoms with van der Waals surface area (Å²) in [5.41, 5.74) is 0.840. The highest BCUT2D eigenvalue weighted by Crippen LogP contribution is 2.59. The van der Waals surface area contributed by atoms with Crippen molar-refractivity contribution in [3.8, 4) is 0 Å². The van der Waals surface area contributed by atoms with Crippen molar-refractivity contribution in [2.24, 2.45) is 23.2 Å². The summed E-state index contributed by atoms with van der Waals surface area (Å²) < 4.78 is 6.53. The number of aromatic nitrogens is 4. The highest BCUT2D eigenvalue weighted by Gasteiger charge is 2.50. The van der Waals surface area contributed by atoms with Crippen molar-refractivity contribution >= 4 is 11.7 Å². The zero-order chi connectivity index (χ0) is 20.2. The lowest BCUT2D eigenvalue weighted by atomic mass is 9.49. The van der Waals surface area contributed by atoms with Gasteiger partial charge in [-0.1, -0.05) is 5.16 Å². The van der Waals surface area contributed by atoms with E-state index in [4.69, 9.17) is 4.52 Å². The molecule has 2 aromatic rings. The molecule has 0 radical (unpaired) electrons. The van der Waals surface area contributed by atoms with Crippen LogP contribution in [0.3, 0.4) is 0 Å². The molecule has 0 spiro atoms. The van der Waals surface area contributed by atoms with Gasteiger partial charge in [0.05, 0.1) is 16.9 Å². The first-order chi connectivity index (χ1) is 13.9. The van der Waals surface area contributed by atoms with Gasteiger partial charge in [-0.15, -0.1) is 0 Å². The van der Waals surface area contributed by atoms with Crippen LogP contribution in [0.5, 0.6) is 0 Å². The number of carbonyl (C=O) groups excluding carboxylic acids is 1. The predicted molar refractivity (Wildman–Crippen MR) is 100.0 cm³/mol. The molecular weight excluding hydrogens is 376 g/mol. The third-order valence-electron chi connectivity index (χ3n) is 6.90. The fraction of sp³-hybridized carbons (Fsp3) is 0.684. The summed E-state index contributed by atoms with van der Waals surface area (Å²) in [5, 5.41) is 21.6. The van der Waals surface area contributed by atoms with Gasteiger partial charge in [-0.05, 0) is 73.5 Å². The van der Waals surface area contributed by atoms with Crippen molar-refractivity contribution in [1.82, 2.24) is 25.2 Å². The lowest BCUT2D eigenvalue weighted by Crippen LogP contribution is -2.51. The topological polar surface area (TPSA) is 129 Å². The average Bonchev–Trinajstić information content (AvgIpc) is 3.26. The molecule has 2 aromatic heterocycles. The molecule has 6 rings (SSSR count). The molecule has 154 valence electrons. The predicted octanol–water partition coefficient (Wildman–Crippen LogP) is 2.48. The molecule has 0 aromatic carbocycles. The monoisotopic (exact) mass is 400 g/mol. The van der Waals surface area contributed by atoms with Crippen LogP contribution in [0.2, 0.25) is 0 Å². The number of rotatable bonds is 6. The first kappa shape index (κ1) is 18.3. The molecule has 4 saturated carbocycles. The number of nitro groups is 1. The Balaban J connectivity index is 1.22. The van der Waals surface area contributed by atoms with Gasteiger partial charge in [0.1, 0.15) is 6.54 Å². The number of nitrogens with zero attached hydrogens (tertiary/aromatic N) is 5. The summed E-state index contributed by atoms with van der Waals surface area (Å²) in [7, 11) is 0. The van der Waals surface area contributed by atoms with E-state index in [-0.39, 0.29) is 35.4 Å². The van der Waals surface area contributed by atoms with Crippen LogP contribution in [0.4, 0.5) is 5.82 Å². The van der Waals surface area contributed by atoms with Crippen LogP contribution in [0.15, 0.2) is 10.6 Å². The second kappa shape index (κ2) is 6.64. The van der Waals surface area contributed by atoms with E-state index in [0.29, 0.717) is 12.2 Å². The molecule has 0 saturated heterocycles. The quantitative estimate of drug-likeness (QED) is 0.582. The van der Waals surface area contributed by atoms with E-state index in [2.05, 4.69) is 20.6 Å². The summed E-state index contributed by atoms with van der Waals surface area (Å²) in [6.45, 7) is 2.47. The standard InChI is InChI=1S/C19H24N6O4/c1-11-2-16(25(27)28)22-24(11)9-15-21-18(29-23-15)17(26)20-10-19-6-12-3-13(7-19)5-14(4-12)8-19/h2,12-14H,3-10H2,1H3,(H,20,26). The van der Waals surface area contributed by atoms with E-state index in [9.17, 15) is 14.9 Å². The molecule has 4 aliphatic rings. The molecule has 1 amide bonds. The average molecular weight is 400 g/mol. The molecule has 2 heterocycles. The van der Waals surface area contributed by atoms with E-state index >= 15 is 0 Å². The molecule has 10 heteroatoms. The lowest BCUT2D eigenvalue weighted by molar-refractivity contribution is -0.389. The van der Waals surface area contributed by atoms with Crippen molar-refractivity contribution in [3.63, 3.8) is 0 Å². The zero-order valence-electron chi connectivity index (χ0n) is 16.3. The molecule has 10 nitrogen and oxygen atoms in total. The number of aryl methyl sites for hydroxylation is 1. The molecule has 29 heavy (non-hydrogen) atoms. The maximum atomic E-state index is 12.5. The van der Waals surface area contributed by atoms with Crippen LogP contribution in [-0.4, -0.2) is 37.3 Å². The number of amides is 1. The Hall–Kier alpha value is -2.78. The first-order valence-corrected chi connectivity index (χ1v) is 10.2. The number of hydrogen-bond acceptors (Lipinski definition) is 7. The molecule has 4 bridgehead atoms. The fourth-order valence-corrected chi connectivity index (χ4v) is 6.14. The molecule has 0 atom stereocenters.